The summed E-state index contributed by atoms with van der Waals surface area (Å²) in [4.78, 5) is 0. The van der Waals surface area contributed by atoms with E-state index in [2.05, 4.69) is 31.9 Å². The van der Waals surface area contributed by atoms with Crippen LogP contribution in [-0.2, 0) is 6.54 Å². The zero-order valence-electron chi connectivity index (χ0n) is 21.6. The Labute approximate surface area is 212 Å². The van der Waals surface area contributed by atoms with Crippen molar-refractivity contribution < 1.29 is 23.4 Å². The molecule has 1 aromatic heterocycles. The Morgan fingerprint density at radius 2 is 1.83 bits per heavy atom. The van der Waals surface area contributed by atoms with E-state index in [-0.39, 0.29) is 35.5 Å². The molecular formula is C28H40F3N3O2. The van der Waals surface area contributed by atoms with Gasteiger partial charge in [-0.3, -0.25) is 4.68 Å². The second-order valence-electron chi connectivity index (χ2n) is 13.1. The van der Waals surface area contributed by atoms with Crippen LogP contribution in [0.3, 0.4) is 0 Å². The van der Waals surface area contributed by atoms with E-state index in [1.165, 1.54) is 6.20 Å². The Kier molecular flexibility index (Phi) is 6.31. The standard InChI is InChI=1S/C28H40F3N3O2/c1-17(24(35)16-34-15-18(13-32)14-33-34)21-6-7-22-20-5-4-19-12-27(36,28(29,30)31)11-10-25(19,2)23(20)8-9-26(21,22)3/h14-15,17,19-24,35-36H,4-12,16H2,1-3H3/t17-,19+,20-,21+,22-,23-,24+,25-,26+,27+/m0/s1. The molecule has 8 heteroatoms. The Balaban J connectivity index is 1.30. The molecule has 0 spiro atoms. The highest BCUT2D eigenvalue weighted by Gasteiger charge is 2.65. The molecule has 0 bridgehead atoms. The monoisotopic (exact) mass is 507 g/mol. The lowest BCUT2D eigenvalue weighted by Crippen LogP contribution is -2.59. The molecule has 10 atom stereocenters. The maximum atomic E-state index is 13.6. The maximum Gasteiger partial charge on any atom is 0.417 e. The zero-order chi connectivity index (χ0) is 26.1. The van der Waals surface area contributed by atoms with E-state index in [1.807, 2.05) is 0 Å². The zero-order valence-corrected chi connectivity index (χ0v) is 21.6. The van der Waals surface area contributed by atoms with Gasteiger partial charge in [0.05, 0.1) is 24.4 Å². The van der Waals surface area contributed by atoms with Gasteiger partial charge < -0.3 is 10.2 Å². The van der Waals surface area contributed by atoms with Crippen molar-refractivity contribution in [1.29, 1.82) is 5.26 Å². The third-order valence-corrected chi connectivity index (χ3v) is 11.7. The molecule has 5 rings (SSSR count). The molecule has 2 N–H and O–H groups in total. The summed E-state index contributed by atoms with van der Waals surface area (Å²) < 4.78 is 42.5. The predicted molar refractivity (Wildman–Crippen MR) is 128 cm³/mol. The van der Waals surface area contributed by atoms with E-state index in [4.69, 9.17) is 5.26 Å². The second kappa shape index (κ2) is 8.73. The van der Waals surface area contributed by atoms with Gasteiger partial charge in [0, 0.05) is 6.20 Å². The van der Waals surface area contributed by atoms with Crippen molar-refractivity contribution in [3.8, 4) is 6.07 Å². The SMILES string of the molecule is C[C@H]([C@H](O)Cn1cc(C#N)cn1)[C@H]1CC[C@H]2[C@@H]3CC[C@@H]4C[C@@](O)(C(F)(F)F)CC[C@]4(C)[C@H]3CC[C@]12C. The Morgan fingerprint density at radius 3 is 2.50 bits per heavy atom. The third kappa shape index (κ3) is 3.91. The first-order chi connectivity index (χ1) is 16.8. The number of nitrogens with zero attached hydrogens (tertiary/aromatic N) is 3. The topological polar surface area (TPSA) is 82.1 Å². The van der Waals surface area contributed by atoms with Gasteiger partial charge in [0.2, 0.25) is 0 Å². The first kappa shape index (κ1) is 26.0. The summed E-state index contributed by atoms with van der Waals surface area (Å²) in [6.07, 6.45) is 4.18. The number of rotatable bonds is 4. The largest absolute Gasteiger partial charge is 0.417 e. The van der Waals surface area contributed by atoms with E-state index in [0.717, 1.165) is 38.5 Å². The Bertz CT molecular complexity index is 1020. The molecule has 0 aliphatic heterocycles. The average Bonchev–Trinajstić information content (AvgIpc) is 3.41. The molecule has 0 unspecified atom stereocenters. The van der Waals surface area contributed by atoms with E-state index in [1.54, 1.807) is 10.9 Å². The van der Waals surface area contributed by atoms with Gasteiger partial charge in [-0.2, -0.15) is 23.5 Å². The molecular weight excluding hydrogens is 467 g/mol. The molecule has 4 saturated carbocycles. The van der Waals surface area contributed by atoms with Gasteiger partial charge in [-0.15, -0.1) is 0 Å². The highest BCUT2D eigenvalue weighted by molar-refractivity contribution is 5.21. The van der Waals surface area contributed by atoms with Gasteiger partial charge in [0.25, 0.3) is 0 Å². The molecule has 4 fully saturated rings. The van der Waals surface area contributed by atoms with E-state index in [0.29, 0.717) is 42.2 Å². The fourth-order valence-electron chi connectivity index (χ4n) is 9.55. The lowest BCUT2D eigenvalue weighted by Gasteiger charge is -2.62. The summed E-state index contributed by atoms with van der Waals surface area (Å²) in [5.41, 5.74) is -2.06. The highest BCUT2D eigenvalue weighted by Crippen LogP contribution is 2.69. The van der Waals surface area contributed by atoms with Crippen LogP contribution in [-0.4, -0.2) is 37.9 Å². The number of aromatic nitrogens is 2. The molecule has 4 aliphatic carbocycles. The van der Waals surface area contributed by atoms with Crippen LogP contribution in [0.25, 0.3) is 0 Å². The first-order valence-electron chi connectivity index (χ1n) is 13.7. The van der Waals surface area contributed by atoms with Crippen molar-refractivity contribution in [1.82, 2.24) is 9.78 Å². The molecule has 0 aromatic carbocycles. The van der Waals surface area contributed by atoms with Crippen LogP contribution in [0.5, 0.6) is 0 Å². The van der Waals surface area contributed by atoms with Crippen LogP contribution in [0, 0.1) is 57.7 Å². The minimum atomic E-state index is -4.56. The van der Waals surface area contributed by atoms with Crippen molar-refractivity contribution in [2.75, 3.05) is 0 Å². The lowest BCUT2D eigenvalue weighted by atomic mass is 9.43. The molecule has 200 valence electrons. The molecule has 36 heavy (non-hydrogen) atoms. The number of nitriles is 1. The summed E-state index contributed by atoms with van der Waals surface area (Å²) in [6.45, 7) is 7.12. The van der Waals surface area contributed by atoms with Gasteiger partial charge in [0.1, 0.15) is 6.07 Å². The number of alkyl halides is 3. The normalized spacial score (nSPS) is 44.1. The summed E-state index contributed by atoms with van der Waals surface area (Å²) in [7, 11) is 0. The molecule has 0 amide bonds. The smallest absolute Gasteiger partial charge is 0.391 e. The van der Waals surface area contributed by atoms with Crippen LogP contribution in [0.15, 0.2) is 12.4 Å². The molecule has 4 aliphatic rings. The minimum absolute atomic E-state index is 0.0752. The Hall–Kier alpha value is -1.59. The van der Waals surface area contributed by atoms with Crippen molar-refractivity contribution in [3.63, 3.8) is 0 Å². The number of halogens is 3. The van der Waals surface area contributed by atoms with Gasteiger partial charge >= 0.3 is 6.18 Å². The molecule has 5 nitrogen and oxygen atoms in total. The minimum Gasteiger partial charge on any atom is -0.391 e. The van der Waals surface area contributed by atoms with Crippen molar-refractivity contribution >= 4 is 0 Å². The maximum absolute atomic E-state index is 13.6. The van der Waals surface area contributed by atoms with Gasteiger partial charge in [-0.05, 0) is 104 Å². The number of hydrogen-bond donors (Lipinski definition) is 2. The van der Waals surface area contributed by atoms with Crippen LogP contribution >= 0.6 is 0 Å². The summed E-state index contributed by atoms with van der Waals surface area (Å²) in [6, 6.07) is 2.07. The van der Waals surface area contributed by atoms with Crippen molar-refractivity contribution in [3.05, 3.63) is 18.0 Å². The predicted octanol–water partition coefficient (Wildman–Crippen LogP) is 5.70. The summed E-state index contributed by atoms with van der Waals surface area (Å²) in [5.74, 6) is 1.87. The van der Waals surface area contributed by atoms with Gasteiger partial charge in [-0.25, -0.2) is 0 Å². The quantitative estimate of drug-likeness (QED) is 0.547. The molecule has 1 aromatic rings. The van der Waals surface area contributed by atoms with Gasteiger partial charge in [-0.1, -0.05) is 20.8 Å². The van der Waals surface area contributed by atoms with Gasteiger partial charge in [0.15, 0.2) is 5.60 Å². The highest BCUT2D eigenvalue weighted by atomic mass is 19.4. The van der Waals surface area contributed by atoms with E-state index < -0.39 is 17.9 Å². The fraction of sp³-hybridized carbons (Fsp3) is 0.857. The fourth-order valence-corrected chi connectivity index (χ4v) is 9.55. The van der Waals surface area contributed by atoms with Crippen LogP contribution in [0.1, 0.15) is 84.1 Å². The molecule has 1 heterocycles. The summed E-state index contributed by atoms with van der Waals surface area (Å²) in [5, 5.41) is 34.8. The number of fused-ring (bicyclic) bond motifs is 5. The molecule has 0 saturated heterocycles. The van der Waals surface area contributed by atoms with Crippen LogP contribution in [0.2, 0.25) is 0 Å². The summed E-state index contributed by atoms with van der Waals surface area (Å²) >= 11 is 0. The number of aliphatic hydroxyl groups is 2. The first-order valence-corrected chi connectivity index (χ1v) is 13.7. The van der Waals surface area contributed by atoms with Crippen molar-refractivity contribution in [2.24, 2.45) is 46.3 Å². The second-order valence-corrected chi connectivity index (χ2v) is 13.1. The van der Waals surface area contributed by atoms with E-state index in [9.17, 15) is 23.4 Å². The Morgan fingerprint density at radius 1 is 1.11 bits per heavy atom. The molecule has 0 radical (unpaired) electrons. The van der Waals surface area contributed by atoms with Crippen LogP contribution in [0.4, 0.5) is 13.2 Å². The van der Waals surface area contributed by atoms with E-state index >= 15 is 0 Å². The lowest BCUT2D eigenvalue weighted by molar-refractivity contribution is -0.290. The number of aliphatic hydroxyl groups excluding tert-OH is 1. The van der Waals surface area contributed by atoms with Crippen molar-refractivity contribution in [2.45, 2.75) is 103 Å². The van der Waals surface area contributed by atoms with Crippen LogP contribution < -0.4 is 0 Å². The third-order valence-electron chi connectivity index (χ3n) is 11.7. The average molecular weight is 508 g/mol. The number of hydrogen-bond acceptors (Lipinski definition) is 4.